The quantitative estimate of drug-likeness (QED) is 0.497. The minimum Gasteiger partial charge on any atom is -0.490 e. The highest BCUT2D eigenvalue weighted by Crippen LogP contribution is 2.27. The number of alkyl halides is 1. The van der Waals surface area contributed by atoms with Gasteiger partial charge >= 0.3 is 5.69 Å². The van der Waals surface area contributed by atoms with E-state index in [0.29, 0.717) is 6.54 Å². The van der Waals surface area contributed by atoms with E-state index in [4.69, 9.17) is 16.3 Å². The highest BCUT2D eigenvalue weighted by Gasteiger charge is 2.19. The van der Waals surface area contributed by atoms with Crippen LogP contribution < -0.4 is 10.1 Å². The molecule has 0 radical (unpaired) electrons. The molecule has 6 nitrogen and oxygen atoms in total. The Kier molecular flexibility index (Phi) is 5.76. The number of benzene rings is 1. The van der Waals surface area contributed by atoms with Crippen LogP contribution in [0.25, 0.3) is 0 Å². The Balaban J connectivity index is 2.84. The molecule has 1 amide bonds. The van der Waals surface area contributed by atoms with Crippen molar-refractivity contribution in [2.45, 2.75) is 19.2 Å². The van der Waals surface area contributed by atoms with Gasteiger partial charge in [0.15, 0.2) is 5.75 Å². The second-order valence-corrected chi connectivity index (χ2v) is 5.17. The van der Waals surface area contributed by atoms with E-state index in [1.165, 1.54) is 25.3 Å². The number of nitro benzene ring substituents is 1. The smallest absolute Gasteiger partial charge is 0.311 e. The van der Waals surface area contributed by atoms with Gasteiger partial charge in [-0.25, -0.2) is 0 Å². The number of ether oxygens (including phenoxy) is 1. The second kappa shape index (κ2) is 7.09. The number of nitrogens with zero attached hydrogens (tertiary/aromatic N) is 1. The molecule has 0 aliphatic rings. The van der Waals surface area contributed by atoms with Crippen molar-refractivity contribution in [3.05, 3.63) is 33.9 Å². The number of carbonyl (C=O) groups excluding carboxylic acids is 1. The fourth-order valence-electron chi connectivity index (χ4n) is 1.50. The van der Waals surface area contributed by atoms with Crippen molar-refractivity contribution >= 4 is 23.2 Å². The normalized spacial score (nSPS) is 12.1. The molecule has 20 heavy (non-hydrogen) atoms. The highest BCUT2D eigenvalue weighted by molar-refractivity contribution is 6.21. The van der Waals surface area contributed by atoms with Crippen LogP contribution in [0.3, 0.4) is 0 Å². The lowest BCUT2D eigenvalue weighted by Gasteiger charge is -2.14. The average molecular weight is 301 g/mol. The lowest BCUT2D eigenvalue weighted by Crippen LogP contribution is -2.31. The van der Waals surface area contributed by atoms with Crippen LogP contribution in [0, 0.1) is 16.0 Å². The molecule has 0 heterocycles. The maximum absolute atomic E-state index is 11.9. The number of carbonyl (C=O) groups is 1. The minimum atomic E-state index is -0.589. The molecule has 7 heteroatoms. The lowest BCUT2D eigenvalue weighted by molar-refractivity contribution is -0.385. The topological polar surface area (TPSA) is 81.5 Å². The molecule has 1 aromatic rings. The van der Waals surface area contributed by atoms with Crippen LogP contribution in [0.15, 0.2) is 18.2 Å². The maximum atomic E-state index is 11.9. The van der Waals surface area contributed by atoms with Gasteiger partial charge in [-0.2, -0.15) is 0 Å². The van der Waals surface area contributed by atoms with Crippen LogP contribution in [0.1, 0.15) is 24.2 Å². The average Bonchev–Trinajstić information content (AvgIpc) is 2.43. The van der Waals surface area contributed by atoms with Gasteiger partial charge < -0.3 is 10.1 Å². The van der Waals surface area contributed by atoms with Crippen molar-refractivity contribution in [1.82, 2.24) is 5.32 Å². The van der Waals surface area contributed by atoms with Gasteiger partial charge in [0, 0.05) is 18.2 Å². The van der Waals surface area contributed by atoms with Crippen LogP contribution in [0.2, 0.25) is 0 Å². The molecule has 0 aliphatic heterocycles. The van der Waals surface area contributed by atoms with Gasteiger partial charge in [-0.1, -0.05) is 13.8 Å². The van der Waals surface area contributed by atoms with E-state index in [9.17, 15) is 14.9 Å². The van der Waals surface area contributed by atoms with Gasteiger partial charge in [0.05, 0.1) is 17.4 Å². The molecule has 1 atom stereocenters. The zero-order valence-electron chi connectivity index (χ0n) is 11.6. The van der Waals surface area contributed by atoms with Crippen molar-refractivity contribution in [3.8, 4) is 5.75 Å². The zero-order valence-corrected chi connectivity index (χ0v) is 12.3. The van der Waals surface area contributed by atoms with Crippen LogP contribution in [-0.2, 0) is 0 Å². The molecule has 110 valence electrons. The predicted molar refractivity (Wildman–Crippen MR) is 76.5 cm³/mol. The fourth-order valence-corrected chi connectivity index (χ4v) is 1.58. The van der Waals surface area contributed by atoms with Crippen LogP contribution in [0.4, 0.5) is 5.69 Å². The van der Waals surface area contributed by atoms with Gasteiger partial charge in [-0.15, -0.1) is 11.6 Å². The summed E-state index contributed by atoms with van der Waals surface area (Å²) < 4.78 is 4.88. The Bertz CT molecular complexity index is 505. The first kappa shape index (κ1) is 16.2. The molecule has 1 rings (SSSR count). The first-order valence-corrected chi connectivity index (χ1v) is 6.55. The Morgan fingerprint density at radius 2 is 2.15 bits per heavy atom. The van der Waals surface area contributed by atoms with Crippen molar-refractivity contribution in [1.29, 1.82) is 0 Å². The molecule has 1 aromatic carbocycles. The molecule has 0 bridgehead atoms. The summed E-state index contributed by atoms with van der Waals surface area (Å²) in [5.74, 6) is -0.0619. The van der Waals surface area contributed by atoms with Crippen LogP contribution >= 0.6 is 11.6 Å². The number of rotatable bonds is 6. The van der Waals surface area contributed by atoms with E-state index in [1.54, 1.807) is 0 Å². The molecule has 0 saturated heterocycles. The highest BCUT2D eigenvalue weighted by atomic mass is 35.5. The Morgan fingerprint density at radius 1 is 1.50 bits per heavy atom. The van der Waals surface area contributed by atoms with E-state index >= 15 is 0 Å². The Labute approximate surface area is 122 Å². The zero-order chi connectivity index (χ0) is 15.3. The number of nitrogens with one attached hydrogen (secondary N) is 1. The third-order valence-corrected chi connectivity index (χ3v) is 3.48. The standard InChI is InChI=1S/C13H17ClN2O4/c1-8(2)10(14)7-15-13(17)9-4-5-12(20-3)11(6-9)16(18)19/h4-6,8,10H,7H2,1-3H3,(H,15,17). The largest absolute Gasteiger partial charge is 0.490 e. The van der Waals surface area contributed by atoms with E-state index < -0.39 is 10.8 Å². The van der Waals surface area contributed by atoms with Crippen LogP contribution in [-0.4, -0.2) is 29.9 Å². The number of methoxy groups -OCH3 is 1. The summed E-state index contributed by atoms with van der Waals surface area (Å²) in [4.78, 5) is 22.2. The molecule has 0 aromatic heterocycles. The van der Waals surface area contributed by atoms with Gasteiger partial charge in [-0.05, 0) is 18.1 Å². The molecular weight excluding hydrogens is 284 g/mol. The van der Waals surface area contributed by atoms with Crippen molar-refractivity contribution in [2.75, 3.05) is 13.7 Å². The second-order valence-electron chi connectivity index (χ2n) is 4.61. The summed E-state index contributed by atoms with van der Waals surface area (Å²) in [6, 6.07) is 4.06. The summed E-state index contributed by atoms with van der Waals surface area (Å²) in [6.07, 6.45) is 0. The van der Waals surface area contributed by atoms with E-state index in [2.05, 4.69) is 5.32 Å². The monoisotopic (exact) mass is 300 g/mol. The molecule has 1 N–H and O–H groups in total. The van der Waals surface area contributed by atoms with Gasteiger partial charge in [-0.3, -0.25) is 14.9 Å². The SMILES string of the molecule is COc1ccc(C(=O)NCC(Cl)C(C)C)cc1[N+](=O)[O-]. The number of hydrogen-bond acceptors (Lipinski definition) is 4. The maximum Gasteiger partial charge on any atom is 0.311 e. The Hall–Kier alpha value is -1.82. The first-order valence-electron chi connectivity index (χ1n) is 6.11. The molecule has 0 aliphatic carbocycles. The summed E-state index contributed by atoms with van der Waals surface area (Å²) in [7, 11) is 1.34. The predicted octanol–water partition coefficient (Wildman–Crippen LogP) is 2.60. The molecular formula is C13H17ClN2O4. The van der Waals surface area contributed by atoms with E-state index in [-0.39, 0.29) is 28.3 Å². The van der Waals surface area contributed by atoms with Gasteiger partial charge in [0.25, 0.3) is 5.91 Å². The summed E-state index contributed by atoms with van der Waals surface area (Å²) in [6.45, 7) is 4.20. The van der Waals surface area contributed by atoms with Crippen molar-refractivity contribution < 1.29 is 14.5 Å². The van der Waals surface area contributed by atoms with Crippen molar-refractivity contribution in [2.24, 2.45) is 5.92 Å². The number of amides is 1. The molecule has 1 unspecified atom stereocenters. The minimum absolute atomic E-state index is 0.115. The molecule has 0 saturated carbocycles. The number of nitro groups is 1. The number of hydrogen-bond donors (Lipinski definition) is 1. The summed E-state index contributed by atoms with van der Waals surface area (Å²) >= 11 is 6.03. The van der Waals surface area contributed by atoms with E-state index in [1.807, 2.05) is 13.8 Å². The van der Waals surface area contributed by atoms with Gasteiger partial charge in [0.1, 0.15) is 0 Å². The van der Waals surface area contributed by atoms with Crippen molar-refractivity contribution in [3.63, 3.8) is 0 Å². The third kappa shape index (κ3) is 4.09. The lowest BCUT2D eigenvalue weighted by atomic mass is 10.1. The number of halogens is 1. The summed E-state index contributed by atoms with van der Waals surface area (Å²) in [5.41, 5.74) is -0.0449. The molecule has 0 fully saturated rings. The summed E-state index contributed by atoms with van der Waals surface area (Å²) in [5, 5.41) is 13.3. The third-order valence-electron chi connectivity index (χ3n) is 2.82. The van der Waals surface area contributed by atoms with E-state index in [0.717, 1.165) is 0 Å². The van der Waals surface area contributed by atoms with Crippen LogP contribution in [0.5, 0.6) is 5.75 Å². The first-order chi connectivity index (χ1) is 9.36. The fraction of sp³-hybridized carbons (Fsp3) is 0.462. The molecule has 0 spiro atoms. The Morgan fingerprint density at radius 3 is 2.65 bits per heavy atom. The van der Waals surface area contributed by atoms with Gasteiger partial charge in [0.2, 0.25) is 0 Å².